The van der Waals surface area contributed by atoms with Crippen molar-refractivity contribution in [3.8, 4) is 0 Å². The number of fused-ring (bicyclic) bond motifs is 1. The van der Waals surface area contributed by atoms with E-state index < -0.39 is 36.4 Å². The van der Waals surface area contributed by atoms with Gasteiger partial charge in [0, 0.05) is 19.2 Å². The van der Waals surface area contributed by atoms with Gasteiger partial charge in [-0.3, -0.25) is 4.79 Å². The van der Waals surface area contributed by atoms with E-state index in [1.807, 2.05) is 0 Å². The molecule has 0 radical (unpaired) electrons. The fraction of sp³-hybridized carbons (Fsp3) is 0.385. The average molecular weight is 333 g/mol. The number of aromatic nitrogens is 1. The van der Waals surface area contributed by atoms with E-state index in [1.165, 1.54) is 6.07 Å². The number of hydrogen-bond donors (Lipinski definition) is 1. The average Bonchev–Trinajstić information content (AvgIpc) is 2.78. The first-order valence-corrected chi connectivity index (χ1v) is 7.32. The van der Waals surface area contributed by atoms with Gasteiger partial charge in [0.25, 0.3) is 6.43 Å². The highest BCUT2D eigenvalue weighted by Crippen LogP contribution is 2.34. The number of halogens is 4. The summed E-state index contributed by atoms with van der Waals surface area (Å²) in [6, 6.07) is 1.97. The van der Waals surface area contributed by atoms with Crippen LogP contribution >= 0.6 is 11.3 Å². The Hall–Kier alpha value is -1.90. The summed E-state index contributed by atoms with van der Waals surface area (Å²) in [7, 11) is 0. The standard InChI is InChI=1S/C13H11F4N3OS/c14-7-1-8(15)11-9(2-7)22-13(19-11)20-4-6(5-20)12(21)18-3-10(16)17/h1-2,6,10H,3-5H2,(H,18,21). The summed E-state index contributed by atoms with van der Waals surface area (Å²) in [6.45, 7) is -0.0288. The van der Waals surface area contributed by atoms with Crippen molar-refractivity contribution in [3.63, 3.8) is 0 Å². The molecule has 2 aromatic rings. The normalized spacial score (nSPS) is 15.4. The zero-order valence-corrected chi connectivity index (χ0v) is 12.0. The van der Waals surface area contributed by atoms with Gasteiger partial charge in [0.1, 0.15) is 11.3 Å². The molecule has 1 saturated heterocycles. The molecule has 4 nitrogen and oxygen atoms in total. The third kappa shape index (κ3) is 2.85. The predicted octanol–water partition coefficient (Wildman–Crippen LogP) is 2.39. The Bertz CT molecular complexity index is 715. The van der Waals surface area contributed by atoms with Crippen molar-refractivity contribution in [1.29, 1.82) is 0 Å². The van der Waals surface area contributed by atoms with Crippen LogP contribution in [0, 0.1) is 17.6 Å². The van der Waals surface area contributed by atoms with Crippen molar-refractivity contribution in [2.45, 2.75) is 6.43 Å². The molecule has 1 aliphatic heterocycles. The minimum Gasteiger partial charge on any atom is -0.350 e. The molecule has 1 amide bonds. The minimum atomic E-state index is -2.58. The summed E-state index contributed by atoms with van der Waals surface area (Å²) in [5.41, 5.74) is 0.0898. The summed E-state index contributed by atoms with van der Waals surface area (Å²) in [4.78, 5) is 17.4. The summed E-state index contributed by atoms with van der Waals surface area (Å²) in [5, 5.41) is 2.64. The van der Waals surface area contributed by atoms with E-state index in [2.05, 4.69) is 10.3 Å². The van der Waals surface area contributed by atoms with Gasteiger partial charge in [-0.2, -0.15) is 0 Å². The molecular formula is C13H11F4N3OS. The van der Waals surface area contributed by atoms with E-state index in [0.717, 1.165) is 17.4 Å². The molecule has 9 heteroatoms. The van der Waals surface area contributed by atoms with E-state index in [-0.39, 0.29) is 5.52 Å². The maximum atomic E-state index is 13.6. The van der Waals surface area contributed by atoms with E-state index in [1.54, 1.807) is 4.90 Å². The molecule has 2 heterocycles. The lowest BCUT2D eigenvalue weighted by Crippen LogP contribution is -2.54. The molecular weight excluding hydrogens is 322 g/mol. The van der Waals surface area contributed by atoms with Gasteiger partial charge < -0.3 is 10.2 Å². The second-order valence-electron chi connectivity index (χ2n) is 4.97. The first kappa shape index (κ1) is 15.0. The summed E-state index contributed by atoms with van der Waals surface area (Å²) < 4.78 is 51.1. The summed E-state index contributed by atoms with van der Waals surface area (Å²) >= 11 is 1.12. The number of amides is 1. The second kappa shape index (κ2) is 5.71. The first-order chi connectivity index (χ1) is 10.4. The van der Waals surface area contributed by atoms with Gasteiger partial charge in [-0.05, 0) is 6.07 Å². The van der Waals surface area contributed by atoms with Crippen molar-refractivity contribution < 1.29 is 22.4 Å². The third-order valence-corrected chi connectivity index (χ3v) is 4.42. The van der Waals surface area contributed by atoms with Gasteiger partial charge in [-0.15, -0.1) is 0 Å². The van der Waals surface area contributed by atoms with E-state index in [0.29, 0.717) is 22.9 Å². The van der Waals surface area contributed by atoms with Crippen LogP contribution in [0.5, 0.6) is 0 Å². The monoisotopic (exact) mass is 333 g/mol. The zero-order chi connectivity index (χ0) is 15.9. The lowest BCUT2D eigenvalue weighted by atomic mass is 10.0. The number of benzene rings is 1. The summed E-state index contributed by atoms with van der Waals surface area (Å²) in [6.07, 6.45) is -2.58. The highest BCUT2D eigenvalue weighted by atomic mass is 32.1. The van der Waals surface area contributed by atoms with Crippen LogP contribution in [0.4, 0.5) is 22.7 Å². The smallest absolute Gasteiger partial charge is 0.255 e. The number of nitrogens with zero attached hydrogens (tertiary/aromatic N) is 2. The van der Waals surface area contributed by atoms with Gasteiger partial charge in [0.15, 0.2) is 10.9 Å². The minimum absolute atomic E-state index is 0.0898. The van der Waals surface area contributed by atoms with E-state index >= 15 is 0 Å². The lowest BCUT2D eigenvalue weighted by molar-refractivity contribution is -0.126. The first-order valence-electron chi connectivity index (χ1n) is 6.50. The van der Waals surface area contributed by atoms with Gasteiger partial charge in [-0.25, -0.2) is 22.5 Å². The van der Waals surface area contributed by atoms with Crippen molar-refractivity contribution in [1.82, 2.24) is 10.3 Å². The number of carbonyl (C=O) groups excluding carboxylic acids is 1. The van der Waals surface area contributed by atoms with Crippen LogP contribution in [0.1, 0.15) is 0 Å². The molecule has 0 atom stereocenters. The Morgan fingerprint density at radius 1 is 1.41 bits per heavy atom. The molecule has 1 aromatic carbocycles. The second-order valence-corrected chi connectivity index (χ2v) is 5.98. The van der Waals surface area contributed by atoms with Gasteiger partial charge in [0.05, 0.1) is 17.2 Å². The molecule has 1 aromatic heterocycles. The summed E-state index contributed by atoms with van der Waals surface area (Å²) in [5.74, 6) is -2.24. The van der Waals surface area contributed by atoms with Crippen LogP contribution in [0.25, 0.3) is 10.2 Å². The quantitative estimate of drug-likeness (QED) is 0.874. The van der Waals surface area contributed by atoms with Crippen molar-refractivity contribution in [3.05, 3.63) is 23.8 Å². The van der Waals surface area contributed by atoms with Crippen LogP contribution in [-0.4, -0.2) is 37.0 Å². The molecule has 0 saturated carbocycles. The Morgan fingerprint density at radius 3 is 2.82 bits per heavy atom. The highest BCUT2D eigenvalue weighted by molar-refractivity contribution is 7.22. The van der Waals surface area contributed by atoms with Gasteiger partial charge in [0.2, 0.25) is 5.91 Å². The maximum absolute atomic E-state index is 13.6. The Kier molecular flexibility index (Phi) is 3.90. The molecule has 22 heavy (non-hydrogen) atoms. The Labute approximate surface area is 126 Å². The largest absolute Gasteiger partial charge is 0.350 e. The molecule has 0 aliphatic carbocycles. The van der Waals surface area contributed by atoms with Crippen LogP contribution in [-0.2, 0) is 4.79 Å². The van der Waals surface area contributed by atoms with Crippen molar-refractivity contribution in [2.24, 2.45) is 5.92 Å². The topological polar surface area (TPSA) is 45.2 Å². The molecule has 1 aliphatic rings. The number of nitrogens with one attached hydrogen (secondary N) is 1. The van der Waals surface area contributed by atoms with E-state index in [4.69, 9.17) is 0 Å². The predicted molar refractivity (Wildman–Crippen MR) is 74.3 cm³/mol. The van der Waals surface area contributed by atoms with Crippen molar-refractivity contribution >= 4 is 32.6 Å². The fourth-order valence-corrected chi connectivity index (χ4v) is 3.23. The molecule has 1 fully saturated rings. The zero-order valence-electron chi connectivity index (χ0n) is 11.2. The number of rotatable bonds is 4. The highest BCUT2D eigenvalue weighted by Gasteiger charge is 2.34. The molecule has 3 rings (SSSR count). The SMILES string of the molecule is O=C(NCC(F)F)C1CN(c2nc3c(F)cc(F)cc3s2)C1. The Balaban J connectivity index is 1.65. The number of hydrogen-bond acceptors (Lipinski definition) is 4. The van der Waals surface area contributed by atoms with Crippen LogP contribution < -0.4 is 10.2 Å². The van der Waals surface area contributed by atoms with Crippen LogP contribution in [0.2, 0.25) is 0 Å². The molecule has 1 N–H and O–H groups in total. The number of alkyl halides is 2. The van der Waals surface area contributed by atoms with Gasteiger partial charge in [-0.1, -0.05) is 11.3 Å². The van der Waals surface area contributed by atoms with E-state index in [9.17, 15) is 22.4 Å². The van der Waals surface area contributed by atoms with Crippen LogP contribution in [0.15, 0.2) is 12.1 Å². The van der Waals surface area contributed by atoms with Crippen molar-refractivity contribution in [2.75, 3.05) is 24.5 Å². The fourth-order valence-electron chi connectivity index (χ4n) is 2.20. The lowest BCUT2D eigenvalue weighted by Gasteiger charge is -2.37. The Morgan fingerprint density at radius 2 is 2.14 bits per heavy atom. The molecule has 0 bridgehead atoms. The van der Waals surface area contributed by atoms with Crippen LogP contribution in [0.3, 0.4) is 0 Å². The number of carbonyl (C=O) groups is 1. The third-order valence-electron chi connectivity index (χ3n) is 3.36. The molecule has 118 valence electrons. The number of thiazole rings is 1. The number of anilines is 1. The molecule has 0 spiro atoms. The van der Waals surface area contributed by atoms with Gasteiger partial charge >= 0.3 is 0 Å². The molecule has 0 unspecified atom stereocenters. The maximum Gasteiger partial charge on any atom is 0.255 e.